The SMILES string of the molecule is CC1(C)CCC(C)(C)c2c(N(c3ccc(-c4ccc(-c5ccccc5)cc4)cc3)c3ccc4c(c3)C3(c5ccccc5S4)C4CC5CC(C4)CC3C5)cccc21. The summed E-state index contributed by atoms with van der Waals surface area (Å²) in [5.41, 5.74) is 15.4. The predicted octanol–water partition coefficient (Wildman–Crippen LogP) is 15.0. The van der Waals surface area contributed by atoms with Crippen LogP contribution in [0.4, 0.5) is 17.1 Å². The zero-order valence-corrected chi connectivity index (χ0v) is 34.2. The van der Waals surface area contributed by atoms with Gasteiger partial charge in [-0.05, 0) is 166 Å². The molecule has 12 rings (SSSR count). The molecule has 0 unspecified atom stereocenters. The first kappa shape index (κ1) is 34.7. The molecule has 6 aromatic rings. The lowest BCUT2D eigenvalue weighted by Gasteiger charge is -2.63. The summed E-state index contributed by atoms with van der Waals surface area (Å²) < 4.78 is 0. The first-order valence-electron chi connectivity index (χ1n) is 21.3. The molecule has 280 valence electrons. The zero-order valence-electron chi connectivity index (χ0n) is 33.4. The van der Waals surface area contributed by atoms with Crippen molar-refractivity contribution in [3.8, 4) is 22.3 Å². The van der Waals surface area contributed by atoms with E-state index in [2.05, 4.69) is 172 Å². The highest BCUT2D eigenvalue weighted by Gasteiger charge is 2.60. The van der Waals surface area contributed by atoms with Crippen molar-refractivity contribution in [1.29, 1.82) is 0 Å². The van der Waals surface area contributed by atoms with Crippen molar-refractivity contribution in [3.63, 3.8) is 0 Å². The first-order chi connectivity index (χ1) is 27.2. The predicted molar refractivity (Wildman–Crippen MR) is 236 cm³/mol. The van der Waals surface area contributed by atoms with Crippen LogP contribution < -0.4 is 4.90 Å². The maximum Gasteiger partial charge on any atom is 0.0502 e. The Morgan fingerprint density at radius 3 is 1.68 bits per heavy atom. The van der Waals surface area contributed by atoms with Crippen molar-refractivity contribution in [2.24, 2.45) is 23.7 Å². The summed E-state index contributed by atoms with van der Waals surface area (Å²) >= 11 is 2.02. The molecule has 0 N–H and O–H groups in total. The van der Waals surface area contributed by atoms with Crippen molar-refractivity contribution in [1.82, 2.24) is 0 Å². The lowest BCUT2D eigenvalue weighted by Crippen LogP contribution is -2.57. The van der Waals surface area contributed by atoms with Crippen LogP contribution in [0, 0.1) is 23.7 Å². The Morgan fingerprint density at radius 1 is 0.464 bits per heavy atom. The summed E-state index contributed by atoms with van der Waals surface area (Å²) in [4.78, 5) is 5.61. The normalized spacial score (nSPS) is 26.0. The summed E-state index contributed by atoms with van der Waals surface area (Å²) in [7, 11) is 0. The Morgan fingerprint density at radius 2 is 1.00 bits per heavy atom. The van der Waals surface area contributed by atoms with Gasteiger partial charge in [0.2, 0.25) is 0 Å². The van der Waals surface area contributed by atoms with Gasteiger partial charge < -0.3 is 4.90 Å². The molecule has 1 spiro atoms. The molecule has 4 saturated carbocycles. The standard InChI is InChI=1S/C54H53NS/c1-52(2)27-28-53(3,4)51-46(52)14-10-15-48(51)55(43-23-21-40(22-24-43)39-19-17-38(18-20-39)37-11-6-5-7-12-37)44-25-26-50-47(34-44)54(45-13-8-9-16-49(45)56-50)41-30-35-29-36(32-41)33-42(54)31-35/h5-26,34-36,41-42H,27-33H2,1-4H3. The average molecular weight is 748 g/mol. The van der Waals surface area contributed by atoms with Gasteiger partial charge in [-0.2, -0.15) is 0 Å². The van der Waals surface area contributed by atoms with E-state index in [9.17, 15) is 0 Å². The lowest BCUT2D eigenvalue weighted by atomic mass is 9.42. The minimum atomic E-state index is 0.0613. The number of nitrogens with zero attached hydrogens (tertiary/aromatic N) is 1. The summed E-state index contributed by atoms with van der Waals surface area (Å²) in [6.45, 7) is 9.87. The highest BCUT2D eigenvalue weighted by Crippen LogP contribution is 2.69. The number of benzene rings is 6. The van der Waals surface area contributed by atoms with Crippen LogP contribution in [0.3, 0.4) is 0 Å². The molecule has 0 saturated heterocycles. The molecule has 2 heteroatoms. The first-order valence-corrected chi connectivity index (χ1v) is 22.1. The van der Waals surface area contributed by atoms with E-state index in [1.807, 2.05) is 11.8 Å². The van der Waals surface area contributed by atoms with Crippen LogP contribution in [-0.2, 0) is 16.2 Å². The van der Waals surface area contributed by atoms with E-state index in [4.69, 9.17) is 0 Å². The van der Waals surface area contributed by atoms with Gasteiger partial charge in [0.15, 0.2) is 0 Å². The van der Waals surface area contributed by atoms with Gasteiger partial charge in [-0.15, -0.1) is 0 Å². The average Bonchev–Trinajstić information content (AvgIpc) is 3.22. The second-order valence-electron chi connectivity index (χ2n) is 19.2. The summed E-state index contributed by atoms with van der Waals surface area (Å²) in [5, 5.41) is 0. The van der Waals surface area contributed by atoms with Crippen LogP contribution in [0.15, 0.2) is 149 Å². The molecule has 1 heterocycles. The van der Waals surface area contributed by atoms with Crippen molar-refractivity contribution in [2.75, 3.05) is 4.90 Å². The molecule has 4 bridgehead atoms. The second-order valence-corrected chi connectivity index (χ2v) is 20.3. The van der Waals surface area contributed by atoms with Crippen LogP contribution in [-0.4, -0.2) is 0 Å². The van der Waals surface area contributed by atoms with Crippen LogP contribution in [0.2, 0.25) is 0 Å². The highest BCUT2D eigenvalue weighted by atomic mass is 32.2. The second kappa shape index (κ2) is 12.7. The molecule has 0 radical (unpaired) electrons. The molecule has 0 atom stereocenters. The van der Waals surface area contributed by atoms with Crippen LogP contribution >= 0.6 is 11.8 Å². The molecule has 6 aliphatic rings. The van der Waals surface area contributed by atoms with E-state index < -0.39 is 0 Å². The van der Waals surface area contributed by atoms with Crippen molar-refractivity contribution in [2.45, 2.75) is 98.7 Å². The van der Waals surface area contributed by atoms with Gasteiger partial charge in [0.25, 0.3) is 0 Å². The van der Waals surface area contributed by atoms with E-state index in [-0.39, 0.29) is 16.2 Å². The van der Waals surface area contributed by atoms with Gasteiger partial charge in [-0.1, -0.05) is 137 Å². The third-order valence-electron chi connectivity index (χ3n) is 15.2. The van der Waals surface area contributed by atoms with Gasteiger partial charge in [-0.3, -0.25) is 0 Å². The molecule has 0 amide bonds. The van der Waals surface area contributed by atoms with Gasteiger partial charge in [0.05, 0.1) is 5.69 Å². The molecular formula is C54H53NS. The van der Waals surface area contributed by atoms with Crippen molar-refractivity contribution >= 4 is 28.8 Å². The van der Waals surface area contributed by atoms with E-state index in [1.165, 1.54) is 105 Å². The van der Waals surface area contributed by atoms with Crippen LogP contribution in [0.5, 0.6) is 0 Å². The van der Waals surface area contributed by atoms with Crippen LogP contribution in [0.1, 0.15) is 94.9 Å². The lowest BCUT2D eigenvalue weighted by molar-refractivity contribution is -0.0443. The Balaban J connectivity index is 1.08. The maximum absolute atomic E-state index is 2.68. The van der Waals surface area contributed by atoms with Crippen molar-refractivity contribution in [3.05, 3.63) is 162 Å². The molecule has 6 aromatic carbocycles. The third-order valence-corrected chi connectivity index (χ3v) is 16.3. The fourth-order valence-corrected chi connectivity index (χ4v) is 13.8. The Kier molecular flexibility index (Phi) is 7.89. The third kappa shape index (κ3) is 5.27. The van der Waals surface area contributed by atoms with Crippen molar-refractivity contribution < 1.29 is 0 Å². The van der Waals surface area contributed by atoms with Gasteiger partial charge >= 0.3 is 0 Å². The molecule has 5 aliphatic carbocycles. The minimum Gasteiger partial charge on any atom is -0.310 e. The molecule has 4 fully saturated rings. The Hall–Kier alpha value is -4.53. The van der Waals surface area contributed by atoms with Gasteiger partial charge in [-0.25, -0.2) is 0 Å². The summed E-state index contributed by atoms with van der Waals surface area (Å²) in [6.07, 6.45) is 9.42. The van der Waals surface area contributed by atoms with E-state index in [1.54, 1.807) is 11.1 Å². The topological polar surface area (TPSA) is 3.24 Å². The van der Waals surface area contributed by atoms with E-state index >= 15 is 0 Å². The molecular weight excluding hydrogens is 695 g/mol. The van der Waals surface area contributed by atoms with E-state index in [0.717, 1.165) is 23.7 Å². The van der Waals surface area contributed by atoms with Gasteiger partial charge in [0.1, 0.15) is 0 Å². The maximum atomic E-state index is 2.68. The molecule has 1 aliphatic heterocycles. The minimum absolute atomic E-state index is 0.0613. The smallest absolute Gasteiger partial charge is 0.0502 e. The molecule has 56 heavy (non-hydrogen) atoms. The highest BCUT2D eigenvalue weighted by molar-refractivity contribution is 7.99. The quantitative estimate of drug-likeness (QED) is 0.173. The molecule has 0 aromatic heterocycles. The monoisotopic (exact) mass is 747 g/mol. The Bertz CT molecular complexity index is 2430. The molecule has 1 nitrogen and oxygen atoms in total. The fraction of sp³-hybridized carbons (Fsp3) is 0.333. The number of fused-ring (bicyclic) bond motifs is 3. The number of hydrogen-bond acceptors (Lipinski definition) is 2. The number of hydrogen-bond donors (Lipinski definition) is 0. The number of anilines is 3. The summed E-state index contributed by atoms with van der Waals surface area (Å²) in [6, 6.07) is 53.5. The van der Waals surface area contributed by atoms with Gasteiger partial charge in [0, 0.05) is 26.6 Å². The zero-order chi connectivity index (χ0) is 37.8. The Labute approximate surface area is 338 Å². The van der Waals surface area contributed by atoms with Crippen LogP contribution in [0.25, 0.3) is 22.3 Å². The number of rotatable bonds is 5. The summed E-state index contributed by atoms with van der Waals surface area (Å²) in [5.74, 6) is 3.28. The van der Waals surface area contributed by atoms with E-state index in [0.29, 0.717) is 0 Å². The largest absolute Gasteiger partial charge is 0.310 e. The fourth-order valence-electron chi connectivity index (χ4n) is 12.6.